The minimum atomic E-state index is -0.549. The molecule has 39 heavy (non-hydrogen) atoms. The Labute approximate surface area is 232 Å². The fraction of sp³-hybridized carbons (Fsp3) is 0.393. The molecule has 11 heteroatoms. The van der Waals surface area contributed by atoms with Gasteiger partial charge in [0.05, 0.1) is 31.9 Å². The molecule has 0 saturated carbocycles. The average Bonchev–Trinajstić information content (AvgIpc) is 3.51. The van der Waals surface area contributed by atoms with Gasteiger partial charge in [-0.05, 0) is 74.0 Å². The van der Waals surface area contributed by atoms with Gasteiger partial charge in [0.1, 0.15) is 22.5 Å². The molecule has 2 N–H and O–H groups in total. The Balaban J connectivity index is 1.47. The van der Waals surface area contributed by atoms with Crippen LogP contribution in [0.2, 0.25) is 0 Å². The second-order valence-corrected chi connectivity index (χ2v) is 11.2. The van der Waals surface area contributed by atoms with Crippen molar-refractivity contribution in [1.82, 2.24) is 20.3 Å². The minimum Gasteiger partial charge on any atom is -0.496 e. The monoisotopic (exact) mass is 553 g/mol. The number of aromatic nitrogens is 3. The van der Waals surface area contributed by atoms with Crippen LogP contribution < -0.4 is 19.5 Å². The molecular formula is C28H35N5O5S. The van der Waals surface area contributed by atoms with Gasteiger partial charge < -0.3 is 28.8 Å². The highest BCUT2D eigenvalue weighted by Crippen LogP contribution is 2.38. The second kappa shape index (κ2) is 11.9. The predicted octanol–water partition coefficient (Wildman–Crippen LogP) is 6.36. The number of anilines is 1. The average molecular weight is 554 g/mol. The van der Waals surface area contributed by atoms with Crippen LogP contribution in [0.3, 0.4) is 0 Å². The highest BCUT2D eigenvalue weighted by molar-refractivity contribution is 8.00. The van der Waals surface area contributed by atoms with E-state index in [4.69, 9.17) is 18.7 Å². The van der Waals surface area contributed by atoms with Crippen molar-refractivity contribution in [2.75, 3.05) is 18.9 Å². The number of fused-ring (bicyclic) bond motifs is 1. The summed E-state index contributed by atoms with van der Waals surface area (Å²) >= 11 is 1.41. The Bertz CT molecular complexity index is 1440. The van der Waals surface area contributed by atoms with Gasteiger partial charge in [-0.3, -0.25) is 4.68 Å². The molecule has 0 aliphatic carbocycles. The first-order valence-corrected chi connectivity index (χ1v) is 13.4. The van der Waals surface area contributed by atoms with Crippen molar-refractivity contribution >= 4 is 34.8 Å². The molecular weight excluding hydrogens is 518 g/mol. The van der Waals surface area contributed by atoms with E-state index < -0.39 is 11.7 Å². The molecule has 0 spiro atoms. The van der Waals surface area contributed by atoms with Crippen molar-refractivity contribution in [2.45, 2.75) is 64.1 Å². The van der Waals surface area contributed by atoms with Gasteiger partial charge in [0, 0.05) is 18.3 Å². The second-order valence-electron chi connectivity index (χ2n) is 10.4. The summed E-state index contributed by atoms with van der Waals surface area (Å²) in [6, 6.07) is 10.0. The largest absolute Gasteiger partial charge is 0.496 e. The maximum absolute atomic E-state index is 11.9. The molecule has 0 aliphatic rings. The lowest BCUT2D eigenvalue weighted by Gasteiger charge is -2.19. The van der Waals surface area contributed by atoms with E-state index in [9.17, 15) is 4.79 Å². The summed E-state index contributed by atoms with van der Waals surface area (Å²) < 4.78 is 27.3. The predicted molar refractivity (Wildman–Crippen MR) is 152 cm³/mol. The highest BCUT2D eigenvalue weighted by Gasteiger charge is 2.18. The van der Waals surface area contributed by atoms with Crippen molar-refractivity contribution < 1.29 is 23.5 Å². The zero-order chi connectivity index (χ0) is 28.2. The van der Waals surface area contributed by atoms with E-state index in [1.165, 1.54) is 17.5 Å². The number of nitrogens with one attached hydrogen (secondary N) is 2. The number of alkyl carbamates (subject to hydrolysis) is 1. The normalized spacial score (nSPS) is 11.6. The summed E-state index contributed by atoms with van der Waals surface area (Å²) in [5.41, 5.74) is 3.04. The third-order valence-corrected chi connectivity index (χ3v) is 6.63. The summed E-state index contributed by atoms with van der Waals surface area (Å²) in [7, 11) is 3.27. The number of carbonyl (C=O) groups is 1. The Kier molecular flexibility index (Phi) is 8.59. The molecule has 0 atom stereocenters. The summed E-state index contributed by atoms with van der Waals surface area (Å²) in [5.74, 6) is 2.37. The zero-order valence-corrected chi connectivity index (χ0v) is 24.1. The van der Waals surface area contributed by atoms with Gasteiger partial charge in [-0.25, -0.2) is 4.79 Å². The Morgan fingerprint density at radius 3 is 2.56 bits per heavy atom. The third-order valence-electron chi connectivity index (χ3n) is 5.80. The van der Waals surface area contributed by atoms with Gasteiger partial charge in [-0.2, -0.15) is 5.10 Å². The van der Waals surface area contributed by atoms with Crippen LogP contribution >= 0.6 is 11.9 Å². The van der Waals surface area contributed by atoms with Crippen LogP contribution in [0.4, 0.5) is 10.6 Å². The number of rotatable bonds is 10. The Morgan fingerprint density at radius 1 is 1.10 bits per heavy atom. The molecule has 0 aliphatic heterocycles. The van der Waals surface area contributed by atoms with Gasteiger partial charge in [0.2, 0.25) is 0 Å². The molecule has 0 unspecified atom stereocenters. The van der Waals surface area contributed by atoms with Gasteiger partial charge in [-0.15, -0.1) is 0 Å². The quantitative estimate of drug-likeness (QED) is 0.217. The molecule has 0 saturated heterocycles. The zero-order valence-electron chi connectivity index (χ0n) is 23.3. The summed E-state index contributed by atoms with van der Waals surface area (Å²) in [5, 5.41) is 12.1. The van der Waals surface area contributed by atoms with Gasteiger partial charge in [-0.1, -0.05) is 25.1 Å². The number of amides is 1. The molecule has 2 aromatic carbocycles. The first kappa shape index (κ1) is 28.2. The summed E-state index contributed by atoms with van der Waals surface area (Å²) in [4.78, 5) is 12.9. The van der Waals surface area contributed by atoms with Gasteiger partial charge in [0.25, 0.3) is 0 Å². The number of methoxy groups -OCH3 is 2. The smallest absolute Gasteiger partial charge is 0.407 e. The van der Waals surface area contributed by atoms with E-state index in [-0.39, 0.29) is 0 Å². The lowest BCUT2D eigenvalue weighted by atomic mass is 10.0. The maximum Gasteiger partial charge on any atom is 0.407 e. The van der Waals surface area contributed by atoms with Crippen molar-refractivity contribution in [3.63, 3.8) is 0 Å². The standard InChI is InChI=1S/C28H35N5O5S/c1-17(2)20-8-9-21(35-6)24(12-20)39-32-26-25-22(36-7)10-18(11-23(25)38-31-26)15-33-16-19(14-30-33)13-29-27(34)37-28(3,4)5/h8-12,14,16-17H,13,15H2,1-7H3,(H,29,34)(H,31,32). The van der Waals surface area contributed by atoms with Crippen LogP contribution in [0, 0.1) is 0 Å². The van der Waals surface area contributed by atoms with E-state index in [1.807, 2.05) is 45.2 Å². The topological polar surface area (TPSA) is 113 Å². The van der Waals surface area contributed by atoms with Crippen LogP contribution in [-0.2, 0) is 17.8 Å². The van der Waals surface area contributed by atoms with Crippen LogP contribution in [0.25, 0.3) is 11.0 Å². The lowest BCUT2D eigenvalue weighted by molar-refractivity contribution is 0.0523. The summed E-state index contributed by atoms with van der Waals surface area (Å²) in [6.45, 7) is 10.6. The van der Waals surface area contributed by atoms with Gasteiger partial charge >= 0.3 is 6.09 Å². The Hall–Kier alpha value is -3.86. The Morgan fingerprint density at radius 2 is 1.87 bits per heavy atom. The van der Waals surface area contributed by atoms with Crippen LogP contribution in [-0.4, -0.2) is 40.9 Å². The first-order chi connectivity index (χ1) is 18.6. The molecule has 2 heterocycles. The molecule has 0 radical (unpaired) electrons. The maximum atomic E-state index is 11.9. The van der Waals surface area contributed by atoms with Crippen LogP contribution in [0.1, 0.15) is 57.2 Å². The molecule has 4 aromatic rings. The van der Waals surface area contributed by atoms with Crippen molar-refractivity contribution in [2.24, 2.45) is 0 Å². The van der Waals surface area contributed by atoms with Crippen molar-refractivity contribution in [3.8, 4) is 11.5 Å². The summed E-state index contributed by atoms with van der Waals surface area (Å²) in [6.07, 6.45) is 3.12. The first-order valence-electron chi connectivity index (χ1n) is 12.6. The lowest BCUT2D eigenvalue weighted by Crippen LogP contribution is -2.32. The van der Waals surface area contributed by atoms with E-state index >= 15 is 0 Å². The SMILES string of the molecule is COc1ccc(C(C)C)cc1SNc1noc2cc(Cn3cc(CNC(=O)OC(C)(C)C)cn3)cc(OC)c12. The van der Waals surface area contributed by atoms with Crippen LogP contribution in [0.15, 0.2) is 52.1 Å². The van der Waals surface area contributed by atoms with Crippen LogP contribution in [0.5, 0.6) is 11.5 Å². The molecule has 2 aromatic heterocycles. The number of ether oxygens (including phenoxy) is 3. The number of hydrogen-bond acceptors (Lipinski definition) is 9. The van der Waals surface area contributed by atoms with E-state index in [0.717, 1.165) is 27.2 Å². The fourth-order valence-corrected chi connectivity index (χ4v) is 4.70. The minimum absolute atomic E-state index is 0.316. The molecule has 1 amide bonds. The molecule has 0 bridgehead atoms. The molecule has 208 valence electrons. The molecule has 0 fully saturated rings. The molecule has 4 rings (SSSR count). The fourth-order valence-electron chi connectivity index (χ4n) is 3.91. The van der Waals surface area contributed by atoms with E-state index in [0.29, 0.717) is 36.2 Å². The highest BCUT2D eigenvalue weighted by atomic mass is 32.2. The molecule has 10 nitrogen and oxygen atoms in total. The number of hydrogen-bond donors (Lipinski definition) is 2. The number of benzene rings is 2. The van der Waals surface area contributed by atoms with Crippen molar-refractivity contribution in [3.05, 3.63) is 59.4 Å². The van der Waals surface area contributed by atoms with E-state index in [2.05, 4.69) is 46.3 Å². The number of carbonyl (C=O) groups excluding carboxylic acids is 1. The third kappa shape index (κ3) is 7.17. The van der Waals surface area contributed by atoms with Crippen molar-refractivity contribution in [1.29, 1.82) is 0 Å². The van der Waals surface area contributed by atoms with E-state index in [1.54, 1.807) is 25.1 Å². The van der Waals surface area contributed by atoms with Gasteiger partial charge in [0.15, 0.2) is 11.4 Å². The number of nitrogens with zero attached hydrogens (tertiary/aromatic N) is 3.